The summed E-state index contributed by atoms with van der Waals surface area (Å²) in [6.45, 7) is 11.7. The molecule has 30 heavy (non-hydrogen) atoms. The number of rotatable bonds is 9. The van der Waals surface area contributed by atoms with Crippen molar-refractivity contribution >= 4 is 11.9 Å². The highest BCUT2D eigenvalue weighted by Crippen LogP contribution is 2.69. The van der Waals surface area contributed by atoms with Gasteiger partial charge in [-0.3, -0.25) is 9.59 Å². The third-order valence-corrected chi connectivity index (χ3v) is 9.96. The molecule has 8 atom stereocenters. The van der Waals surface area contributed by atoms with E-state index in [0.717, 1.165) is 30.6 Å². The zero-order chi connectivity index (χ0) is 22.3. The van der Waals surface area contributed by atoms with Gasteiger partial charge in [-0.15, -0.1) is 0 Å². The van der Waals surface area contributed by atoms with Crippen LogP contribution in [-0.2, 0) is 9.59 Å². The van der Waals surface area contributed by atoms with Crippen LogP contribution in [0.5, 0.6) is 0 Å². The van der Waals surface area contributed by atoms with Crippen molar-refractivity contribution in [1.29, 1.82) is 0 Å². The minimum atomic E-state index is -0.805. The summed E-state index contributed by atoms with van der Waals surface area (Å²) in [7, 11) is 0. The Balaban J connectivity index is 1.76. The molecule has 3 aliphatic rings. The molecule has 4 nitrogen and oxygen atoms in total. The molecule has 4 heteroatoms. The van der Waals surface area contributed by atoms with E-state index >= 15 is 0 Å². The maximum absolute atomic E-state index is 12.2. The van der Waals surface area contributed by atoms with Crippen LogP contribution in [0.3, 0.4) is 0 Å². The maximum atomic E-state index is 12.2. The van der Waals surface area contributed by atoms with Crippen molar-refractivity contribution < 1.29 is 19.8 Å². The number of hydrogen-bond acceptors (Lipinski definition) is 2. The second kappa shape index (κ2) is 8.82. The van der Waals surface area contributed by atoms with Crippen molar-refractivity contribution in [2.45, 2.75) is 98.8 Å². The van der Waals surface area contributed by atoms with E-state index in [1.54, 1.807) is 0 Å². The summed E-state index contributed by atoms with van der Waals surface area (Å²) in [5.74, 6) is 1.79. The van der Waals surface area contributed by atoms with Crippen LogP contribution in [-0.4, -0.2) is 22.2 Å². The Kier molecular flexibility index (Phi) is 6.94. The monoisotopic (exact) mass is 420 g/mol. The van der Waals surface area contributed by atoms with Gasteiger partial charge in [0.1, 0.15) is 0 Å². The fraction of sp³-hybridized carbons (Fsp3) is 0.923. The van der Waals surface area contributed by atoms with Crippen LogP contribution in [0.15, 0.2) is 0 Å². The van der Waals surface area contributed by atoms with Gasteiger partial charge >= 0.3 is 11.9 Å². The van der Waals surface area contributed by atoms with Gasteiger partial charge in [0.25, 0.3) is 0 Å². The van der Waals surface area contributed by atoms with Crippen LogP contribution in [0.2, 0.25) is 0 Å². The van der Waals surface area contributed by atoms with Gasteiger partial charge in [-0.05, 0) is 84.9 Å². The van der Waals surface area contributed by atoms with Crippen molar-refractivity contribution in [3.05, 3.63) is 0 Å². The fourth-order valence-electron chi connectivity index (χ4n) is 8.38. The molecule has 0 bridgehead atoms. The molecule has 3 saturated carbocycles. The van der Waals surface area contributed by atoms with Crippen LogP contribution in [0, 0.1) is 52.3 Å². The van der Waals surface area contributed by atoms with E-state index in [-0.39, 0.29) is 11.8 Å². The first-order valence-corrected chi connectivity index (χ1v) is 12.4. The molecular formula is C26H44O4. The van der Waals surface area contributed by atoms with E-state index in [1.165, 1.54) is 38.5 Å². The van der Waals surface area contributed by atoms with Gasteiger partial charge in [-0.2, -0.15) is 0 Å². The molecule has 0 aliphatic heterocycles. The molecule has 172 valence electrons. The SMILES string of the molecule is CC(C)CCC[C@H](C)[C@@H]1CC[C@H]2[C@H]3C[C@H](C(=O)O)[C@@](C)(CCC(=O)O)[C@@H]3CC[C@@]21C. The summed E-state index contributed by atoms with van der Waals surface area (Å²) < 4.78 is 0. The molecule has 0 spiro atoms. The third kappa shape index (κ3) is 4.17. The lowest BCUT2D eigenvalue weighted by Gasteiger charge is -2.51. The molecule has 0 aromatic carbocycles. The minimum Gasteiger partial charge on any atom is -0.481 e. The highest BCUT2D eigenvalue weighted by atomic mass is 16.4. The largest absolute Gasteiger partial charge is 0.481 e. The molecule has 3 aliphatic carbocycles. The van der Waals surface area contributed by atoms with Crippen molar-refractivity contribution in [3.8, 4) is 0 Å². The van der Waals surface area contributed by atoms with Crippen LogP contribution in [0.4, 0.5) is 0 Å². The van der Waals surface area contributed by atoms with Crippen molar-refractivity contribution in [2.24, 2.45) is 52.3 Å². The Labute approximate surface area is 183 Å². The van der Waals surface area contributed by atoms with Crippen molar-refractivity contribution in [1.82, 2.24) is 0 Å². The number of carboxylic acid groups (broad SMARTS) is 2. The second-order valence-electron chi connectivity index (χ2n) is 11.9. The average Bonchev–Trinajstić information content (AvgIpc) is 3.14. The van der Waals surface area contributed by atoms with E-state index in [0.29, 0.717) is 29.6 Å². The predicted octanol–water partition coefficient (Wildman–Crippen LogP) is 6.48. The summed E-state index contributed by atoms with van der Waals surface area (Å²) in [5, 5.41) is 19.3. The second-order valence-corrected chi connectivity index (χ2v) is 11.9. The van der Waals surface area contributed by atoms with Crippen LogP contribution in [0.1, 0.15) is 98.8 Å². The lowest BCUT2D eigenvalue weighted by atomic mass is 9.54. The Morgan fingerprint density at radius 3 is 2.30 bits per heavy atom. The molecule has 3 fully saturated rings. The van der Waals surface area contributed by atoms with Gasteiger partial charge in [0.15, 0.2) is 0 Å². The number of aliphatic carboxylic acids is 2. The highest BCUT2D eigenvalue weighted by Gasteiger charge is 2.63. The van der Waals surface area contributed by atoms with E-state index in [2.05, 4.69) is 34.6 Å². The number of hydrogen-bond donors (Lipinski definition) is 2. The normalized spacial score (nSPS) is 41.5. The van der Waals surface area contributed by atoms with Crippen LogP contribution < -0.4 is 0 Å². The van der Waals surface area contributed by atoms with Gasteiger partial charge in [-0.25, -0.2) is 0 Å². The molecule has 0 radical (unpaired) electrons. The third-order valence-electron chi connectivity index (χ3n) is 9.96. The van der Waals surface area contributed by atoms with Crippen LogP contribution >= 0.6 is 0 Å². The van der Waals surface area contributed by atoms with Gasteiger partial charge in [0.2, 0.25) is 0 Å². The van der Waals surface area contributed by atoms with Crippen molar-refractivity contribution in [3.63, 3.8) is 0 Å². The smallest absolute Gasteiger partial charge is 0.307 e. The standard InChI is InChI=1S/C26H44O4/c1-16(2)7-6-8-17(3)19-9-10-20-18-15-22(24(29)30)26(5,14-12-23(27)28)21(18)11-13-25(19,20)4/h16-22H,6-15H2,1-5H3,(H,27,28)(H,29,30)/t17-,18+,19-,20-,21+,22+,25+,26-/m0/s1. The molecule has 0 amide bonds. The molecule has 0 aromatic rings. The minimum absolute atomic E-state index is 0.0843. The molecule has 0 heterocycles. The highest BCUT2D eigenvalue weighted by molar-refractivity contribution is 5.72. The van der Waals surface area contributed by atoms with Gasteiger partial charge in [0, 0.05) is 6.42 Å². The lowest BCUT2D eigenvalue weighted by Crippen LogP contribution is -2.44. The zero-order valence-electron chi connectivity index (χ0n) is 19.8. The van der Waals surface area contributed by atoms with Gasteiger partial charge < -0.3 is 10.2 Å². The Morgan fingerprint density at radius 2 is 1.70 bits per heavy atom. The first-order valence-electron chi connectivity index (χ1n) is 12.4. The van der Waals surface area contributed by atoms with E-state index in [9.17, 15) is 19.8 Å². The molecule has 0 saturated heterocycles. The number of carboxylic acids is 2. The first kappa shape index (κ1) is 23.6. The molecule has 0 aromatic heterocycles. The van der Waals surface area contributed by atoms with Gasteiger partial charge in [0.05, 0.1) is 5.92 Å². The predicted molar refractivity (Wildman–Crippen MR) is 119 cm³/mol. The Hall–Kier alpha value is -1.06. The first-order chi connectivity index (χ1) is 14.0. The Bertz CT molecular complexity index is 643. The van der Waals surface area contributed by atoms with Gasteiger partial charge in [-0.1, -0.05) is 53.9 Å². The molecular weight excluding hydrogens is 376 g/mol. The van der Waals surface area contributed by atoms with Crippen LogP contribution in [0.25, 0.3) is 0 Å². The Morgan fingerprint density at radius 1 is 1.00 bits per heavy atom. The summed E-state index contributed by atoms with van der Waals surface area (Å²) in [6.07, 6.45) is 10.1. The lowest BCUT2D eigenvalue weighted by molar-refractivity contribution is -0.148. The average molecular weight is 421 g/mol. The van der Waals surface area contributed by atoms with E-state index in [4.69, 9.17) is 0 Å². The topological polar surface area (TPSA) is 74.6 Å². The molecule has 0 unspecified atom stereocenters. The number of fused-ring (bicyclic) bond motifs is 3. The van der Waals surface area contributed by atoms with E-state index in [1.807, 2.05) is 0 Å². The summed E-state index contributed by atoms with van der Waals surface area (Å²) in [6, 6.07) is 0. The zero-order valence-corrected chi connectivity index (χ0v) is 19.8. The summed E-state index contributed by atoms with van der Waals surface area (Å²) in [5.41, 5.74) is -0.0449. The summed E-state index contributed by atoms with van der Waals surface area (Å²) in [4.78, 5) is 23.4. The number of carbonyl (C=O) groups is 2. The summed E-state index contributed by atoms with van der Waals surface area (Å²) >= 11 is 0. The molecule has 3 rings (SSSR count). The van der Waals surface area contributed by atoms with Crippen molar-refractivity contribution in [2.75, 3.05) is 0 Å². The fourth-order valence-corrected chi connectivity index (χ4v) is 8.38. The maximum Gasteiger partial charge on any atom is 0.307 e. The quantitative estimate of drug-likeness (QED) is 0.447. The molecule has 2 N–H and O–H groups in total. The van der Waals surface area contributed by atoms with E-state index < -0.39 is 17.9 Å².